The minimum atomic E-state index is 0.182. The number of carbonyl (C=O) groups excluding carboxylic acids is 1. The molecule has 6 heteroatoms. The van der Waals surface area contributed by atoms with Gasteiger partial charge in [0, 0.05) is 62.7 Å². The number of ether oxygens (including phenoxy) is 3. The molecule has 0 aliphatic carbocycles. The number of methoxy groups -OCH3 is 2. The minimum Gasteiger partial charge on any atom is -0.497 e. The van der Waals surface area contributed by atoms with Crippen LogP contribution in [0.25, 0.3) is 0 Å². The summed E-state index contributed by atoms with van der Waals surface area (Å²) >= 11 is 0. The van der Waals surface area contributed by atoms with Crippen LogP contribution in [0.4, 0.5) is 5.69 Å². The zero-order chi connectivity index (χ0) is 19.1. The van der Waals surface area contributed by atoms with E-state index in [0.29, 0.717) is 12.3 Å². The highest BCUT2D eigenvalue weighted by molar-refractivity contribution is 5.76. The molecule has 2 heterocycles. The van der Waals surface area contributed by atoms with Crippen LogP contribution in [0.15, 0.2) is 18.2 Å². The van der Waals surface area contributed by atoms with Gasteiger partial charge >= 0.3 is 0 Å². The van der Waals surface area contributed by atoms with Gasteiger partial charge in [0.25, 0.3) is 0 Å². The second kappa shape index (κ2) is 9.83. The van der Waals surface area contributed by atoms with Gasteiger partial charge in [-0.1, -0.05) is 0 Å². The lowest BCUT2D eigenvalue weighted by Gasteiger charge is -2.34. The molecule has 1 N–H and O–H groups in total. The van der Waals surface area contributed by atoms with Gasteiger partial charge in [0.15, 0.2) is 0 Å². The second-order valence-electron chi connectivity index (χ2n) is 7.52. The molecule has 150 valence electrons. The van der Waals surface area contributed by atoms with Crippen molar-refractivity contribution >= 4 is 11.6 Å². The van der Waals surface area contributed by atoms with Crippen LogP contribution in [-0.4, -0.2) is 52.5 Å². The molecule has 2 aliphatic rings. The molecule has 1 atom stereocenters. The Morgan fingerprint density at radius 2 is 1.85 bits per heavy atom. The summed E-state index contributed by atoms with van der Waals surface area (Å²) in [4.78, 5) is 14.6. The molecule has 2 aliphatic heterocycles. The molecule has 1 amide bonds. The molecule has 0 aromatic heterocycles. The lowest BCUT2D eigenvalue weighted by Crippen LogP contribution is -2.44. The Morgan fingerprint density at radius 1 is 1.15 bits per heavy atom. The first-order valence-electron chi connectivity index (χ1n) is 10.0. The molecule has 27 heavy (non-hydrogen) atoms. The molecule has 0 bridgehead atoms. The number of hydrogen-bond donors (Lipinski definition) is 1. The van der Waals surface area contributed by atoms with Gasteiger partial charge in [0.05, 0.1) is 14.2 Å². The first-order chi connectivity index (χ1) is 13.2. The molecule has 0 saturated carbocycles. The van der Waals surface area contributed by atoms with Gasteiger partial charge in [0.1, 0.15) is 11.5 Å². The fourth-order valence-corrected chi connectivity index (χ4v) is 3.93. The number of anilines is 1. The molecular weight excluding hydrogens is 344 g/mol. The van der Waals surface area contributed by atoms with E-state index >= 15 is 0 Å². The van der Waals surface area contributed by atoms with Crippen LogP contribution in [0.2, 0.25) is 0 Å². The first kappa shape index (κ1) is 19.8. The van der Waals surface area contributed by atoms with Crippen molar-refractivity contribution < 1.29 is 19.0 Å². The van der Waals surface area contributed by atoms with Gasteiger partial charge in [-0.25, -0.2) is 0 Å². The highest BCUT2D eigenvalue weighted by Gasteiger charge is 2.22. The molecule has 3 rings (SSSR count). The Bertz CT molecular complexity index is 586. The smallest absolute Gasteiger partial charge is 0.220 e. The largest absolute Gasteiger partial charge is 0.497 e. The number of hydrogen-bond acceptors (Lipinski definition) is 5. The average Bonchev–Trinajstić information content (AvgIpc) is 2.73. The summed E-state index contributed by atoms with van der Waals surface area (Å²) < 4.78 is 16.2. The van der Waals surface area contributed by atoms with Crippen molar-refractivity contribution in [1.29, 1.82) is 0 Å². The number of carbonyl (C=O) groups is 1. The van der Waals surface area contributed by atoms with E-state index in [1.807, 2.05) is 18.2 Å². The van der Waals surface area contributed by atoms with Gasteiger partial charge in [-0.15, -0.1) is 0 Å². The van der Waals surface area contributed by atoms with Crippen molar-refractivity contribution in [3.05, 3.63) is 18.2 Å². The van der Waals surface area contributed by atoms with Crippen LogP contribution < -0.4 is 19.7 Å². The van der Waals surface area contributed by atoms with Crippen molar-refractivity contribution in [2.75, 3.05) is 45.4 Å². The lowest BCUT2D eigenvalue weighted by atomic mass is 9.96. The van der Waals surface area contributed by atoms with Crippen LogP contribution in [-0.2, 0) is 9.53 Å². The van der Waals surface area contributed by atoms with Gasteiger partial charge < -0.3 is 24.4 Å². The van der Waals surface area contributed by atoms with Gasteiger partial charge in [-0.2, -0.15) is 0 Å². The Kier molecular flexibility index (Phi) is 7.21. The van der Waals surface area contributed by atoms with E-state index in [-0.39, 0.29) is 11.9 Å². The zero-order valence-electron chi connectivity index (χ0n) is 16.5. The summed E-state index contributed by atoms with van der Waals surface area (Å²) in [6.45, 7) is 3.52. The van der Waals surface area contributed by atoms with E-state index < -0.39 is 0 Å². The van der Waals surface area contributed by atoms with Crippen LogP contribution in [0.5, 0.6) is 11.5 Å². The Hall–Kier alpha value is -1.95. The van der Waals surface area contributed by atoms with Crippen molar-refractivity contribution in [1.82, 2.24) is 5.32 Å². The Morgan fingerprint density at radius 3 is 2.44 bits per heavy atom. The zero-order valence-corrected chi connectivity index (χ0v) is 16.5. The number of benzene rings is 1. The third-order valence-electron chi connectivity index (χ3n) is 5.60. The van der Waals surface area contributed by atoms with Crippen LogP contribution >= 0.6 is 0 Å². The summed E-state index contributed by atoms with van der Waals surface area (Å²) in [6, 6.07) is 6.22. The maximum Gasteiger partial charge on any atom is 0.220 e. The van der Waals surface area contributed by atoms with Crippen molar-refractivity contribution in [2.24, 2.45) is 5.92 Å². The van der Waals surface area contributed by atoms with Gasteiger partial charge in [-0.05, 0) is 38.0 Å². The molecule has 1 aromatic carbocycles. The third-order valence-corrected chi connectivity index (χ3v) is 5.60. The quantitative estimate of drug-likeness (QED) is 0.793. The summed E-state index contributed by atoms with van der Waals surface area (Å²) in [5, 5.41) is 3.22. The standard InChI is InChI=1S/C21H32N2O4/c1-25-19-12-18(13-20(14-19)26-2)23-9-7-17(8-10-23)22-21(24)6-5-16-4-3-11-27-15-16/h12-14,16-17H,3-11,15H2,1-2H3,(H,22,24). The van der Waals surface area contributed by atoms with E-state index in [0.717, 1.165) is 69.2 Å². The van der Waals surface area contributed by atoms with E-state index in [2.05, 4.69) is 10.2 Å². The highest BCUT2D eigenvalue weighted by atomic mass is 16.5. The second-order valence-corrected chi connectivity index (χ2v) is 7.52. The van der Waals surface area contributed by atoms with E-state index in [1.165, 1.54) is 6.42 Å². The molecule has 0 radical (unpaired) electrons. The van der Waals surface area contributed by atoms with Crippen LogP contribution in [0.3, 0.4) is 0 Å². The molecule has 2 fully saturated rings. The average molecular weight is 376 g/mol. The maximum absolute atomic E-state index is 12.3. The van der Waals surface area contributed by atoms with Gasteiger partial charge in [0.2, 0.25) is 5.91 Å². The molecule has 6 nitrogen and oxygen atoms in total. The number of nitrogens with one attached hydrogen (secondary N) is 1. The Balaban J connectivity index is 1.44. The highest BCUT2D eigenvalue weighted by Crippen LogP contribution is 2.30. The Labute approximate surface area is 162 Å². The molecular formula is C21H32N2O4. The molecule has 1 unspecified atom stereocenters. The molecule has 0 spiro atoms. The van der Waals surface area contributed by atoms with Gasteiger partial charge in [-0.3, -0.25) is 4.79 Å². The third kappa shape index (κ3) is 5.76. The summed E-state index contributed by atoms with van der Waals surface area (Å²) in [5.41, 5.74) is 1.10. The maximum atomic E-state index is 12.3. The summed E-state index contributed by atoms with van der Waals surface area (Å²) in [5.74, 6) is 2.33. The van der Waals surface area contributed by atoms with E-state index in [1.54, 1.807) is 14.2 Å². The number of rotatable bonds is 7. The molecule has 2 saturated heterocycles. The van der Waals surface area contributed by atoms with Crippen LogP contribution in [0, 0.1) is 5.92 Å². The monoisotopic (exact) mass is 376 g/mol. The van der Waals surface area contributed by atoms with E-state index in [4.69, 9.17) is 14.2 Å². The fraction of sp³-hybridized carbons (Fsp3) is 0.667. The predicted octanol–water partition coefficient (Wildman–Crippen LogP) is 3.00. The lowest BCUT2D eigenvalue weighted by molar-refractivity contribution is -0.122. The van der Waals surface area contributed by atoms with E-state index in [9.17, 15) is 4.79 Å². The van der Waals surface area contributed by atoms with Crippen molar-refractivity contribution in [3.63, 3.8) is 0 Å². The first-order valence-corrected chi connectivity index (χ1v) is 10.0. The molecule has 1 aromatic rings. The summed E-state index contributed by atoms with van der Waals surface area (Å²) in [6.07, 6.45) is 5.78. The minimum absolute atomic E-state index is 0.182. The normalized spacial score (nSPS) is 21.0. The van der Waals surface area contributed by atoms with Crippen molar-refractivity contribution in [2.45, 2.75) is 44.6 Å². The summed E-state index contributed by atoms with van der Waals surface area (Å²) in [7, 11) is 3.33. The number of nitrogens with zero attached hydrogens (tertiary/aromatic N) is 1. The topological polar surface area (TPSA) is 60.0 Å². The SMILES string of the molecule is COc1cc(OC)cc(N2CCC(NC(=O)CCC3CCCOC3)CC2)c1. The van der Waals surface area contributed by atoms with Crippen molar-refractivity contribution in [3.8, 4) is 11.5 Å². The number of amides is 1. The number of piperidine rings is 1. The fourth-order valence-electron chi connectivity index (χ4n) is 3.93. The van der Waals surface area contributed by atoms with Crippen LogP contribution in [0.1, 0.15) is 38.5 Å². The predicted molar refractivity (Wildman–Crippen MR) is 106 cm³/mol.